The first kappa shape index (κ1) is 16.7. The molecule has 0 fully saturated rings. The van der Waals surface area contributed by atoms with E-state index in [1.807, 2.05) is 0 Å². The first-order valence-corrected chi connectivity index (χ1v) is 5.88. The molecule has 0 aliphatic rings. The Morgan fingerprint density at radius 1 is 0.824 bits per heavy atom. The summed E-state index contributed by atoms with van der Waals surface area (Å²) in [6.07, 6.45) is 0. The average molecular weight is 316 g/mol. The van der Waals surface area contributed by atoms with Crippen LogP contribution >= 0.6 is 0 Å². The molecule has 0 amide bonds. The van der Waals surface area contributed by atoms with Crippen LogP contribution in [0.3, 0.4) is 0 Å². The standard InChI is InChI=1S/C15H24O.Mo/c1-10-8-11(14(2,3)4)13(16)12(9-10)15(5,6)7;/h8-9,16H,1-7H3;. The molecule has 0 unspecified atom stereocenters. The number of aromatic hydroxyl groups is 1. The Morgan fingerprint density at radius 3 is 1.35 bits per heavy atom. The molecule has 0 saturated carbocycles. The zero-order valence-electron chi connectivity index (χ0n) is 12.0. The molecule has 96 valence electrons. The molecule has 1 aromatic carbocycles. The minimum Gasteiger partial charge on any atom is -0.507 e. The Morgan fingerprint density at radius 2 is 1.12 bits per heavy atom. The van der Waals surface area contributed by atoms with Gasteiger partial charge in [0.05, 0.1) is 0 Å². The van der Waals surface area contributed by atoms with Gasteiger partial charge < -0.3 is 5.11 Å². The summed E-state index contributed by atoms with van der Waals surface area (Å²) in [6.45, 7) is 14.9. The van der Waals surface area contributed by atoms with E-state index in [-0.39, 0.29) is 31.9 Å². The molecule has 0 heterocycles. The van der Waals surface area contributed by atoms with E-state index >= 15 is 0 Å². The Hall–Kier alpha value is -0.292. The van der Waals surface area contributed by atoms with Gasteiger partial charge in [-0.25, -0.2) is 0 Å². The number of phenolic OH excluding ortho intramolecular Hbond substituents is 1. The predicted octanol–water partition coefficient (Wildman–Crippen LogP) is 4.29. The molecule has 0 atom stereocenters. The second-order valence-electron chi connectivity index (χ2n) is 6.71. The molecule has 17 heavy (non-hydrogen) atoms. The summed E-state index contributed by atoms with van der Waals surface area (Å²) in [5, 5.41) is 10.4. The van der Waals surface area contributed by atoms with Crippen molar-refractivity contribution >= 4 is 0 Å². The molecule has 0 saturated heterocycles. The first-order valence-electron chi connectivity index (χ1n) is 5.88. The molecule has 0 spiro atoms. The molecule has 0 aliphatic heterocycles. The summed E-state index contributed by atoms with van der Waals surface area (Å²) in [5.74, 6) is 0.464. The quantitative estimate of drug-likeness (QED) is 0.708. The van der Waals surface area contributed by atoms with Crippen molar-refractivity contribution in [2.24, 2.45) is 0 Å². The zero-order valence-corrected chi connectivity index (χ0v) is 14.0. The molecular formula is C15H24MoO. The van der Waals surface area contributed by atoms with Gasteiger partial charge in [0.2, 0.25) is 0 Å². The molecule has 1 nitrogen and oxygen atoms in total. The SMILES string of the molecule is Cc1cc(C(C)(C)C)c(O)c(C(C)(C)C)c1.[Mo]. The van der Waals surface area contributed by atoms with E-state index in [4.69, 9.17) is 0 Å². The van der Waals surface area contributed by atoms with E-state index in [9.17, 15) is 5.11 Å². The maximum absolute atomic E-state index is 10.4. The van der Waals surface area contributed by atoms with Gasteiger partial charge in [-0.15, -0.1) is 0 Å². The fraction of sp³-hybridized carbons (Fsp3) is 0.600. The molecular weight excluding hydrogens is 292 g/mol. The Labute approximate surface area is 120 Å². The van der Waals surface area contributed by atoms with Crippen LogP contribution in [0.4, 0.5) is 0 Å². The van der Waals surface area contributed by atoms with Crippen molar-refractivity contribution in [3.8, 4) is 5.75 Å². The topological polar surface area (TPSA) is 20.2 Å². The van der Waals surface area contributed by atoms with Crippen LogP contribution in [0, 0.1) is 6.92 Å². The number of aryl methyl sites for hydroxylation is 1. The van der Waals surface area contributed by atoms with Crippen LogP contribution < -0.4 is 0 Å². The van der Waals surface area contributed by atoms with Crippen molar-refractivity contribution < 1.29 is 26.2 Å². The Kier molecular flexibility index (Phi) is 5.05. The largest absolute Gasteiger partial charge is 0.507 e. The maximum Gasteiger partial charge on any atom is 0.123 e. The summed E-state index contributed by atoms with van der Waals surface area (Å²) in [7, 11) is 0. The van der Waals surface area contributed by atoms with Crippen molar-refractivity contribution in [2.75, 3.05) is 0 Å². The van der Waals surface area contributed by atoms with E-state index < -0.39 is 0 Å². The second kappa shape index (κ2) is 5.14. The van der Waals surface area contributed by atoms with Crippen molar-refractivity contribution in [3.05, 3.63) is 28.8 Å². The van der Waals surface area contributed by atoms with Gasteiger partial charge in [-0.05, 0) is 28.9 Å². The normalized spacial score (nSPS) is 12.2. The third-order valence-electron chi connectivity index (χ3n) is 2.87. The number of phenols is 1. The molecule has 1 rings (SSSR count). The van der Waals surface area contributed by atoms with Crippen molar-refractivity contribution in [1.82, 2.24) is 0 Å². The summed E-state index contributed by atoms with van der Waals surface area (Å²) in [6, 6.07) is 4.18. The van der Waals surface area contributed by atoms with Crippen molar-refractivity contribution in [3.63, 3.8) is 0 Å². The van der Waals surface area contributed by atoms with Crippen LogP contribution in [0.5, 0.6) is 5.75 Å². The summed E-state index contributed by atoms with van der Waals surface area (Å²) in [4.78, 5) is 0. The summed E-state index contributed by atoms with van der Waals surface area (Å²) >= 11 is 0. The van der Waals surface area contributed by atoms with E-state index in [2.05, 4.69) is 60.6 Å². The Bertz CT molecular complexity index is 359. The smallest absolute Gasteiger partial charge is 0.123 e. The van der Waals surface area contributed by atoms with Gasteiger partial charge in [0.25, 0.3) is 0 Å². The van der Waals surface area contributed by atoms with Crippen LogP contribution in [0.15, 0.2) is 12.1 Å². The van der Waals surface area contributed by atoms with Crippen LogP contribution in [0.25, 0.3) is 0 Å². The molecule has 0 aromatic heterocycles. The van der Waals surface area contributed by atoms with Gasteiger partial charge in [0.15, 0.2) is 0 Å². The van der Waals surface area contributed by atoms with E-state index in [1.54, 1.807) is 0 Å². The molecule has 1 aromatic rings. The van der Waals surface area contributed by atoms with Gasteiger partial charge in [-0.2, -0.15) is 0 Å². The monoisotopic (exact) mass is 318 g/mol. The third kappa shape index (κ3) is 3.84. The van der Waals surface area contributed by atoms with Gasteiger partial charge in [0.1, 0.15) is 5.75 Å². The van der Waals surface area contributed by atoms with Crippen LogP contribution in [0.1, 0.15) is 58.2 Å². The number of hydrogen-bond acceptors (Lipinski definition) is 1. The van der Waals surface area contributed by atoms with Gasteiger partial charge in [-0.3, -0.25) is 0 Å². The van der Waals surface area contributed by atoms with E-state index in [0.717, 1.165) is 11.1 Å². The van der Waals surface area contributed by atoms with Crippen molar-refractivity contribution in [1.29, 1.82) is 0 Å². The molecule has 0 bridgehead atoms. The minimum absolute atomic E-state index is 0. The van der Waals surface area contributed by atoms with Gasteiger partial charge in [-0.1, -0.05) is 59.2 Å². The van der Waals surface area contributed by atoms with Crippen LogP contribution in [-0.2, 0) is 31.9 Å². The fourth-order valence-electron chi connectivity index (χ4n) is 1.92. The van der Waals surface area contributed by atoms with Crippen molar-refractivity contribution in [2.45, 2.75) is 59.3 Å². The minimum atomic E-state index is -0.0178. The third-order valence-corrected chi connectivity index (χ3v) is 2.87. The van der Waals surface area contributed by atoms with Crippen LogP contribution in [-0.4, -0.2) is 5.11 Å². The Balaban J connectivity index is 0.00000256. The van der Waals surface area contributed by atoms with E-state index in [1.165, 1.54) is 5.56 Å². The summed E-state index contributed by atoms with van der Waals surface area (Å²) in [5.41, 5.74) is 3.26. The molecule has 1 N–H and O–H groups in total. The van der Waals surface area contributed by atoms with Crippen LogP contribution in [0.2, 0.25) is 0 Å². The molecule has 0 aliphatic carbocycles. The van der Waals surface area contributed by atoms with Gasteiger partial charge >= 0.3 is 0 Å². The number of benzene rings is 1. The zero-order chi connectivity index (χ0) is 12.7. The average Bonchev–Trinajstić information content (AvgIpc) is 2.04. The first-order chi connectivity index (χ1) is 7.03. The maximum atomic E-state index is 10.4. The molecule has 2 heteroatoms. The van der Waals surface area contributed by atoms with Gasteiger partial charge in [0, 0.05) is 21.1 Å². The predicted molar refractivity (Wildman–Crippen MR) is 70.2 cm³/mol. The molecule has 0 radical (unpaired) electrons. The number of hydrogen-bond donors (Lipinski definition) is 1. The summed E-state index contributed by atoms with van der Waals surface area (Å²) < 4.78 is 0. The second-order valence-corrected chi connectivity index (χ2v) is 6.71. The fourth-order valence-corrected chi connectivity index (χ4v) is 1.92. The number of rotatable bonds is 0. The van der Waals surface area contributed by atoms with E-state index in [0.29, 0.717) is 5.75 Å².